The second kappa shape index (κ2) is 12.4. The van der Waals surface area contributed by atoms with E-state index in [0.717, 1.165) is 65.7 Å². The van der Waals surface area contributed by atoms with Gasteiger partial charge in [0, 0.05) is 10.8 Å². The van der Waals surface area contributed by atoms with E-state index < -0.39 is 0 Å². The Morgan fingerprint density at radius 1 is 0.291 bits per heavy atom. The maximum absolute atomic E-state index is 7.01. The quantitative estimate of drug-likeness (QED) is 0.159. The van der Waals surface area contributed by atoms with Crippen molar-refractivity contribution in [3.05, 3.63) is 121 Å². The largest absolute Gasteiger partial charge is 0.456 e. The molecule has 0 aliphatic rings. The molecule has 1 heterocycles. The summed E-state index contributed by atoms with van der Waals surface area (Å²) in [5.41, 5.74) is 8.39. The molecule has 10 rings (SSSR count). The molecule has 1 aromatic heterocycles. The number of hydrogen-bond acceptors (Lipinski definition) is 1. The van der Waals surface area contributed by atoms with Gasteiger partial charge in [0.25, 0.3) is 0 Å². The van der Waals surface area contributed by atoms with Gasteiger partial charge >= 0.3 is 0 Å². The van der Waals surface area contributed by atoms with Crippen LogP contribution in [-0.2, 0) is 0 Å². The Morgan fingerprint density at radius 2 is 0.727 bits per heavy atom. The zero-order chi connectivity index (χ0) is 37.9. The lowest BCUT2D eigenvalue weighted by Crippen LogP contribution is -2.50. The van der Waals surface area contributed by atoms with Crippen LogP contribution in [0.1, 0.15) is 0 Å². The van der Waals surface area contributed by atoms with Crippen LogP contribution in [0.5, 0.6) is 0 Å². The van der Waals surface area contributed by atoms with Crippen molar-refractivity contribution in [2.24, 2.45) is 0 Å². The maximum Gasteiger partial charge on any atom is 0.135 e. The van der Waals surface area contributed by atoms with Crippen molar-refractivity contribution in [1.82, 2.24) is 0 Å². The highest BCUT2D eigenvalue weighted by atomic mass is 16.3. The third-order valence-corrected chi connectivity index (χ3v) is 11.2. The molecule has 0 atom stereocenters. The molecule has 16 radical (unpaired) electrons. The fourth-order valence-electron chi connectivity index (χ4n) is 8.44. The standard InChI is InChI=1S/C46H20B8O/c47-39-35-33(25-13-16-28-24(19-25)11-10-23-18-22(12-15-27(23)28)21-6-2-1-3-7-21)36-38(42(50)46(54)44(52)40(36)48)34(37(35)41(49)45(53)43(39)51)26-14-17-32-30(20-26)29-8-4-5-9-31(29)55-32/h1-20H. The van der Waals surface area contributed by atoms with Gasteiger partial charge in [0.05, 0.1) is 0 Å². The Labute approximate surface area is 329 Å². The number of rotatable bonds is 3. The van der Waals surface area contributed by atoms with Crippen molar-refractivity contribution < 1.29 is 4.42 Å². The number of benzene rings is 9. The van der Waals surface area contributed by atoms with E-state index in [0.29, 0.717) is 32.7 Å². The Bertz CT molecular complexity index is 3220. The monoisotopic (exact) mass is 676 g/mol. The number of fused-ring (bicyclic) bond motifs is 8. The van der Waals surface area contributed by atoms with E-state index in [1.165, 1.54) is 0 Å². The lowest BCUT2D eigenvalue weighted by atomic mass is 9.59. The second-order valence-corrected chi connectivity index (χ2v) is 14.2. The predicted octanol–water partition coefficient (Wildman–Crippen LogP) is 3.55. The first-order valence-corrected chi connectivity index (χ1v) is 17.8. The molecule has 0 fully saturated rings. The molecule has 234 valence electrons. The third kappa shape index (κ3) is 4.91. The molecule has 10 aromatic rings. The summed E-state index contributed by atoms with van der Waals surface area (Å²) in [6, 6.07) is 41.2. The van der Waals surface area contributed by atoms with Crippen LogP contribution in [0.25, 0.3) is 98.4 Å². The predicted molar refractivity (Wildman–Crippen MR) is 243 cm³/mol. The summed E-state index contributed by atoms with van der Waals surface area (Å²) in [4.78, 5) is 0. The van der Waals surface area contributed by atoms with Gasteiger partial charge in [0.15, 0.2) is 0 Å². The van der Waals surface area contributed by atoms with E-state index in [4.69, 9.17) is 67.2 Å². The zero-order valence-corrected chi connectivity index (χ0v) is 29.6. The average Bonchev–Trinajstić information content (AvgIpc) is 3.60. The van der Waals surface area contributed by atoms with Crippen molar-refractivity contribution in [2.75, 3.05) is 0 Å². The molecule has 0 unspecified atom stereocenters. The summed E-state index contributed by atoms with van der Waals surface area (Å²) < 4.78 is 6.18. The molecule has 9 aromatic carbocycles. The summed E-state index contributed by atoms with van der Waals surface area (Å²) in [5, 5.41) is 8.49. The highest BCUT2D eigenvalue weighted by Gasteiger charge is 2.25. The fraction of sp³-hybridized carbons (Fsp3) is 0. The number of para-hydroxylation sites is 1. The van der Waals surface area contributed by atoms with Gasteiger partial charge in [-0.05, 0) is 107 Å². The van der Waals surface area contributed by atoms with Crippen molar-refractivity contribution in [2.45, 2.75) is 0 Å². The minimum absolute atomic E-state index is 0.168. The van der Waals surface area contributed by atoms with Gasteiger partial charge in [-0.1, -0.05) is 113 Å². The Balaban J connectivity index is 1.33. The van der Waals surface area contributed by atoms with Gasteiger partial charge in [-0.2, -0.15) is 0 Å². The number of furan rings is 1. The second-order valence-electron chi connectivity index (χ2n) is 14.2. The van der Waals surface area contributed by atoms with Crippen LogP contribution < -0.4 is 43.7 Å². The highest BCUT2D eigenvalue weighted by molar-refractivity contribution is 6.71. The summed E-state index contributed by atoms with van der Waals surface area (Å²) >= 11 is 0. The van der Waals surface area contributed by atoms with Gasteiger partial charge in [-0.25, -0.2) is 0 Å². The molecule has 0 saturated carbocycles. The lowest BCUT2D eigenvalue weighted by molar-refractivity contribution is 0.669. The van der Waals surface area contributed by atoms with Crippen molar-refractivity contribution in [3.63, 3.8) is 0 Å². The molecular weight excluding hydrogens is 655 g/mol. The van der Waals surface area contributed by atoms with Crippen LogP contribution in [0.3, 0.4) is 0 Å². The summed E-state index contributed by atoms with van der Waals surface area (Å²) in [6.07, 6.45) is 0. The smallest absolute Gasteiger partial charge is 0.135 e. The average molecular weight is 675 g/mol. The lowest BCUT2D eigenvalue weighted by Gasteiger charge is -2.28. The van der Waals surface area contributed by atoms with Crippen LogP contribution in [0.2, 0.25) is 0 Å². The normalized spacial score (nSPS) is 11.9. The van der Waals surface area contributed by atoms with Crippen molar-refractivity contribution in [1.29, 1.82) is 0 Å². The van der Waals surface area contributed by atoms with E-state index in [-0.39, 0.29) is 43.7 Å². The van der Waals surface area contributed by atoms with E-state index in [9.17, 15) is 0 Å². The van der Waals surface area contributed by atoms with E-state index in [1.54, 1.807) is 0 Å². The van der Waals surface area contributed by atoms with Crippen molar-refractivity contribution >= 4 is 172 Å². The SMILES string of the molecule is [B]c1c([B])c([B])c2c(-c3ccc4oc5ccccc5c4c3)c3c([B])c([B])c([B])c([B])c3c(-c3ccc4c(ccc5cc(-c6ccccc6)ccc54)c3)c2c1[B]. The minimum atomic E-state index is 0.168. The first-order valence-electron chi connectivity index (χ1n) is 17.8. The molecule has 0 bridgehead atoms. The topological polar surface area (TPSA) is 13.1 Å². The molecule has 0 N–H and O–H groups in total. The summed E-state index contributed by atoms with van der Waals surface area (Å²) in [5.74, 6) is 0. The van der Waals surface area contributed by atoms with Gasteiger partial charge in [-0.3, -0.25) is 0 Å². The molecule has 0 aliphatic heterocycles. The van der Waals surface area contributed by atoms with E-state index >= 15 is 0 Å². The highest BCUT2D eigenvalue weighted by Crippen LogP contribution is 2.43. The van der Waals surface area contributed by atoms with Gasteiger partial charge in [0.1, 0.15) is 73.9 Å². The van der Waals surface area contributed by atoms with Crippen LogP contribution in [-0.4, -0.2) is 62.8 Å². The first kappa shape index (κ1) is 33.9. The molecule has 0 saturated heterocycles. The van der Waals surface area contributed by atoms with Gasteiger partial charge < -0.3 is 4.42 Å². The van der Waals surface area contributed by atoms with Gasteiger partial charge in [0.2, 0.25) is 0 Å². The Morgan fingerprint density at radius 3 is 1.29 bits per heavy atom. The summed E-state index contributed by atoms with van der Waals surface area (Å²) in [6.45, 7) is 0. The Kier molecular flexibility index (Phi) is 7.66. The molecule has 0 amide bonds. The fourth-order valence-corrected chi connectivity index (χ4v) is 8.44. The zero-order valence-electron chi connectivity index (χ0n) is 29.6. The van der Waals surface area contributed by atoms with Crippen molar-refractivity contribution in [3.8, 4) is 33.4 Å². The minimum Gasteiger partial charge on any atom is -0.456 e. The molecule has 1 nitrogen and oxygen atoms in total. The summed E-state index contributed by atoms with van der Waals surface area (Å²) in [7, 11) is 54.6. The first-order chi connectivity index (χ1) is 26.6. The van der Waals surface area contributed by atoms with Crippen LogP contribution in [0, 0.1) is 0 Å². The van der Waals surface area contributed by atoms with Crippen LogP contribution in [0.15, 0.2) is 126 Å². The van der Waals surface area contributed by atoms with Crippen LogP contribution >= 0.6 is 0 Å². The number of hydrogen-bond donors (Lipinski definition) is 0. The van der Waals surface area contributed by atoms with E-state index in [2.05, 4.69) is 60.7 Å². The van der Waals surface area contributed by atoms with Crippen LogP contribution in [0.4, 0.5) is 0 Å². The maximum atomic E-state index is 7.01. The Hall–Kier alpha value is -5.66. The molecular formula is C46H20B8O. The molecule has 0 spiro atoms. The molecule has 9 heteroatoms. The van der Waals surface area contributed by atoms with E-state index in [1.807, 2.05) is 60.7 Å². The van der Waals surface area contributed by atoms with Gasteiger partial charge in [-0.15, -0.1) is 21.9 Å². The molecule has 55 heavy (non-hydrogen) atoms. The molecule has 0 aliphatic carbocycles. The third-order valence-electron chi connectivity index (χ3n) is 11.2.